The van der Waals surface area contributed by atoms with Crippen LogP contribution in [0.3, 0.4) is 0 Å². The van der Waals surface area contributed by atoms with Gasteiger partial charge in [0.1, 0.15) is 12.3 Å². The van der Waals surface area contributed by atoms with Crippen molar-refractivity contribution < 1.29 is 31.2 Å². The zero-order valence-electron chi connectivity index (χ0n) is 12.2. The summed E-state index contributed by atoms with van der Waals surface area (Å²) in [6.07, 6.45) is -1.69. The van der Waals surface area contributed by atoms with Gasteiger partial charge in [-0.2, -0.15) is 13.2 Å². The predicted octanol–water partition coefficient (Wildman–Crippen LogP) is 2.59. The number of hydrogen-bond acceptors (Lipinski definition) is 5. The molecule has 2 rings (SSSR count). The molecule has 1 aromatic carbocycles. The number of nitro groups is 1. The second kappa shape index (κ2) is 6.77. The van der Waals surface area contributed by atoms with Crippen LogP contribution in [-0.2, 0) is 14.8 Å². The van der Waals surface area contributed by atoms with E-state index in [1.165, 1.54) is 4.72 Å². The van der Waals surface area contributed by atoms with Gasteiger partial charge in [0, 0.05) is 6.07 Å². The minimum absolute atomic E-state index is 0.0782. The summed E-state index contributed by atoms with van der Waals surface area (Å²) >= 11 is 0. The molecule has 0 saturated carbocycles. The van der Waals surface area contributed by atoms with E-state index in [1.807, 2.05) is 0 Å². The summed E-state index contributed by atoms with van der Waals surface area (Å²) in [6, 6.07) is 2.87. The van der Waals surface area contributed by atoms with Crippen molar-refractivity contribution in [3.8, 4) is 0 Å². The van der Waals surface area contributed by atoms with Gasteiger partial charge in [0.15, 0.2) is 0 Å². The molecule has 1 N–H and O–H groups in total. The van der Waals surface area contributed by atoms with Gasteiger partial charge < -0.3 is 4.74 Å². The van der Waals surface area contributed by atoms with Gasteiger partial charge in [-0.15, -0.1) is 0 Å². The fourth-order valence-corrected chi connectivity index (χ4v) is 3.08. The Morgan fingerprint density at radius 2 is 2.04 bits per heavy atom. The van der Waals surface area contributed by atoms with Crippen LogP contribution in [0.15, 0.2) is 29.2 Å². The molecule has 7 nitrogen and oxygen atoms in total. The molecule has 0 spiro atoms. The van der Waals surface area contributed by atoms with Gasteiger partial charge in [-0.3, -0.25) is 10.1 Å². The summed E-state index contributed by atoms with van der Waals surface area (Å²) in [4.78, 5) is 9.75. The number of benzene rings is 1. The highest BCUT2D eigenvalue weighted by Gasteiger charge is 2.31. The quantitative estimate of drug-likeness (QED) is 0.638. The fourth-order valence-electron chi connectivity index (χ4n) is 2.04. The van der Waals surface area contributed by atoms with E-state index in [1.54, 1.807) is 6.08 Å². The lowest BCUT2D eigenvalue weighted by molar-refractivity contribution is -0.385. The second-order valence-electron chi connectivity index (χ2n) is 4.93. The van der Waals surface area contributed by atoms with Crippen LogP contribution in [0.4, 0.5) is 18.9 Å². The minimum Gasteiger partial charge on any atom is -0.493 e. The average Bonchev–Trinajstić information content (AvgIpc) is 2.52. The van der Waals surface area contributed by atoms with Crippen LogP contribution in [-0.4, -0.2) is 32.7 Å². The van der Waals surface area contributed by atoms with E-state index in [0.717, 1.165) is 18.6 Å². The summed E-state index contributed by atoms with van der Waals surface area (Å²) in [5.41, 5.74) is -0.479. The van der Waals surface area contributed by atoms with Gasteiger partial charge in [-0.05, 0) is 31.1 Å². The molecular weight excluding hydrogens is 353 g/mol. The van der Waals surface area contributed by atoms with Crippen LogP contribution >= 0.6 is 0 Å². The highest BCUT2D eigenvalue weighted by atomic mass is 32.2. The monoisotopic (exact) mass is 366 g/mol. The van der Waals surface area contributed by atoms with E-state index >= 15 is 0 Å². The van der Waals surface area contributed by atoms with Gasteiger partial charge in [-0.25, -0.2) is 13.1 Å². The highest BCUT2D eigenvalue weighted by Crippen LogP contribution is 2.31. The molecule has 0 bridgehead atoms. The third-order valence-corrected chi connectivity index (χ3v) is 4.54. The molecule has 1 aliphatic rings. The Morgan fingerprint density at radius 1 is 1.33 bits per heavy atom. The zero-order chi connectivity index (χ0) is 18.0. The molecule has 132 valence electrons. The molecule has 0 fully saturated rings. The maximum atomic E-state index is 12.2. The van der Waals surface area contributed by atoms with Crippen LogP contribution in [0, 0.1) is 10.1 Å². The third kappa shape index (κ3) is 4.45. The van der Waals surface area contributed by atoms with Crippen molar-refractivity contribution in [1.82, 2.24) is 4.72 Å². The number of allylic oxidation sites excluding steroid dienone is 1. The number of rotatable bonds is 5. The molecule has 1 aromatic rings. The molecule has 0 aliphatic carbocycles. The van der Waals surface area contributed by atoms with Crippen LogP contribution in [0.5, 0.6) is 0 Å². The number of nitrogens with one attached hydrogen (secondary N) is 1. The molecule has 0 radical (unpaired) electrons. The van der Waals surface area contributed by atoms with Crippen molar-refractivity contribution in [2.75, 3.05) is 13.2 Å². The Morgan fingerprint density at radius 3 is 2.58 bits per heavy atom. The maximum Gasteiger partial charge on any atom is 0.402 e. The lowest BCUT2D eigenvalue weighted by atomic mass is 10.1. The van der Waals surface area contributed by atoms with E-state index in [0.29, 0.717) is 19.1 Å². The molecule has 0 atom stereocenters. The Balaban J connectivity index is 2.38. The molecule has 1 aliphatic heterocycles. The van der Waals surface area contributed by atoms with Crippen molar-refractivity contribution in [1.29, 1.82) is 0 Å². The Kier molecular flexibility index (Phi) is 5.13. The largest absolute Gasteiger partial charge is 0.493 e. The predicted molar refractivity (Wildman–Crippen MR) is 77.5 cm³/mol. The lowest BCUT2D eigenvalue weighted by Crippen LogP contribution is -2.33. The fraction of sp³-hybridized carbons (Fsp3) is 0.385. The number of ether oxygens (including phenoxy) is 1. The van der Waals surface area contributed by atoms with Gasteiger partial charge in [0.05, 0.1) is 22.0 Å². The van der Waals surface area contributed by atoms with Gasteiger partial charge in [0.25, 0.3) is 5.69 Å². The molecule has 0 unspecified atom stereocenters. The van der Waals surface area contributed by atoms with Crippen molar-refractivity contribution in [2.45, 2.75) is 23.9 Å². The normalized spacial score (nSPS) is 15.5. The number of halogens is 3. The first-order chi connectivity index (χ1) is 11.1. The van der Waals surface area contributed by atoms with Crippen LogP contribution < -0.4 is 4.72 Å². The van der Waals surface area contributed by atoms with Crippen LogP contribution in [0.2, 0.25) is 0 Å². The molecule has 0 saturated heterocycles. The number of sulfonamides is 1. The number of hydrogen-bond donors (Lipinski definition) is 1. The molecule has 24 heavy (non-hydrogen) atoms. The first-order valence-electron chi connectivity index (χ1n) is 6.78. The van der Waals surface area contributed by atoms with Crippen LogP contribution in [0.25, 0.3) is 5.76 Å². The smallest absolute Gasteiger partial charge is 0.402 e. The SMILES string of the molecule is O=[N+]([O-])c1cc(S(=O)(=O)NCC(F)(F)F)ccc1C1=CCCCO1. The zero-order valence-corrected chi connectivity index (χ0v) is 13.0. The van der Waals surface area contributed by atoms with Crippen LogP contribution in [0.1, 0.15) is 18.4 Å². The summed E-state index contributed by atoms with van der Waals surface area (Å²) in [5, 5.41) is 11.2. The van der Waals surface area contributed by atoms with E-state index in [-0.39, 0.29) is 11.3 Å². The Labute approximate surface area is 135 Å². The van der Waals surface area contributed by atoms with Crippen molar-refractivity contribution in [3.05, 3.63) is 40.0 Å². The van der Waals surface area contributed by atoms with Crippen molar-refractivity contribution in [2.24, 2.45) is 0 Å². The summed E-state index contributed by atoms with van der Waals surface area (Å²) < 4.78 is 66.9. The highest BCUT2D eigenvalue weighted by molar-refractivity contribution is 7.89. The first-order valence-corrected chi connectivity index (χ1v) is 8.27. The van der Waals surface area contributed by atoms with E-state index < -0.39 is 38.3 Å². The number of nitro benzene ring substituents is 1. The summed E-state index contributed by atoms with van der Waals surface area (Å²) in [7, 11) is -4.53. The average molecular weight is 366 g/mol. The molecule has 0 amide bonds. The first kappa shape index (κ1) is 18.2. The third-order valence-electron chi connectivity index (χ3n) is 3.14. The topological polar surface area (TPSA) is 98.5 Å². The van der Waals surface area contributed by atoms with Gasteiger partial charge in [-0.1, -0.05) is 0 Å². The van der Waals surface area contributed by atoms with E-state index in [9.17, 15) is 31.7 Å². The maximum absolute atomic E-state index is 12.2. The lowest BCUT2D eigenvalue weighted by Gasteiger charge is -2.15. The van der Waals surface area contributed by atoms with Gasteiger partial charge in [0.2, 0.25) is 10.0 Å². The molecule has 11 heteroatoms. The van der Waals surface area contributed by atoms with E-state index in [4.69, 9.17) is 4.74 Å². The molecule has 0 aromatic heterocycles. The Hall–Kier alpha value is -2.14. The number of alkyl halides is 3. The molecule has 1 heterocycles. The Bertz CT molecular complexity index is 774. The number of nitrogens with zero attached hydrogens (tertiary/aromatic N) is 1. The van der Waals surface area contributed by atoms with Crippen molar-refractivity contribution >= 4 is 21.5 Å². The van der Waals surface area contributed by atoms with E-state index in [2.05, 4.69) is 0 Å². The standard InChI is InChI=1S/C13H13F3N2O5S/c14-13(15,16)8-17-24(21,22)9-4-5-10(11(7-9)18(19)20)12-3-1-2-6-23-12/h3-5,7,17H,1-2,6,8H2. The minimum atomic E-state index is -4.74. The second-order valence-corrected chi connectivity index (χ2v) is 6.70. The summed E-state index contributed by atoms with van der Waals surface area (Å²) in [6.45, 7) is -1.39. The van der Waals surface area contributed by atoms with Gasteiger partial charge >= 0.3 is 6.18 Å². The molecular formula is C13H13F3N2O5S. The van der Waals surface area contributed by atoms with Crippen molar-refractivity contribution in [3.63, 3.8) is 0 Å². The summed E-state index contributed by atoms with van der Waals surface area (Å²) in [5.74, 6) is 0.250.